The number of methoxy groups -OCH3 is 4. The monoisotopic (exact) mass is 674 g/mol. The van der Waals surface area contributed by atoms with Crippen LogP contribution in [0.5, 0.6) is 46.0 Å². The number of carbonyl (C=O) groups excluding carboxylic acids is 3. The number of aromatic hydroxyl groups is 3. The summed E-state index contributed by atoms with van der Waals surface area (Å²) in [6, 6.07) is 16.7. The van der Waals surface area contributed by atoms with Crippen molar-refractivity contribution in [3.8, 4) is 46.0 Å². The minimum absolute atomic E-state index is 0.0107. The molecule has 3 N–H and O–H groups in total. The third kappa shape index (κ3) is 8.92. The van der Waals surface area contributed by atoms with Gasteiger partial charge in [-0.3, -0.25) is 4.79 Å². The molecule has 13 heteroatoms. The third-order valence-electron chi connectivity index (χ3n) is 6.99. The van der Waals surface area contributed by atoms with E-state index in [9.17, 15) is 29.7 Å². The van der Waals surface area contributed by atoms with Crippen molar-refractivity contribution < 1.29 is 62.9 Å². The summed E-state index contributed by atoms with van der Waals surface area (Å²) in [6.45, 7) is -0.629. The lowest BCUT2D eigenvalue weighted by molar-refractivity contribution is 0.0299. The molecule has 0 saturated carbocycles. The second kappa shape index (κ2) is 16.5. The molecular formula is C36H34O13. The maximum absolute atomic E-state index is 13.9. The van der Waals surface area contributed by atoms with E-state index in [1.54, 1.807) is 24.3 Å². The molecule has 0 fully saturated rings. The van der Waals surface area contributed by atoms with Crippen LogP contribution in [0.15, 0.2) is 78.9 Å². The molecule has 4 rings (SSSR count). The predicted molar refractivity (Wildman–Crippen MR) is 175 cm³/mol. The quantitative estimate of drug-likeness (QED) is 0.111. The topological polar surface area (TPSA) is 177 Å². The van der Waals surface area contributed by atoms with Crippen LogP contribution in [-0.2, 0) is 9.47 Å². The van der Waals surface area contributed by atoms with Crippen molar-refractivity contribution in [1.82, 2.24) is 0 Å². The highest BCUT2D eigenvalue weighted by Gasteiger charge is 2.29. The van der Waals surface area contributed by atoms with Crippen molar-refractivity contribution in [1.29, 1.82) is 0 Å². The van der Waals surface area contributed by atoms with Gasteiger partial charge in [-0.05, 0) is 84.4 Å². The van der Waals surface area contributed by atoms with Gasteiger partial charge in [0.2, 0.25) is 17.3 Å². The molecule has 0 amide bonds. The van der Waals surface area contributed by atoms with Crippen molar-refractivity contribution >= 4 is 23.8 Å². The zero-order valence-corrected chi connectivity index (χ0v) is 27.0. The van der Waals surface area contributed by atoms with E-state index in [1.807, 2.05) is 0 Å². The highest BCUT2D eigenvalue weighted by molar-refractivity contribution is 6.01. The van der Waals surface area contributed by atoms with Crippen molar-refractivity contribution in [2.75, 3.05) is 41.7 Å². The zero-order valence-electron chi connectivity index (χ0n) is 27.0. The van der Waals surface area contributed by atoms with Crippen molar-refractivity contribution in [3.05, 3.63) is 101 Å². The number of phenols is 3. The van der Waals surface area contributed by atoms with Crippen LogP contribution >= 0.6 is 0 Å². The Morgan fingerprint density at radius 1 is 0.633 bits per heavy atom. The standard InChI is InChI=1S/C36H34O13/c1-43-27-18-24(19-28(44-2)33(27)40)32(39)31(20-48-36(42)23-9-13-26(38)14-10-23)49-34-29(45-3)16-21(17-30(34)46-4)6-5-15-47-35(41)22-7-11-25(37)12-8-22/h5-14,16-19,31,37-38,40H,15,20H2,1-4H3. The first-order valence-corrected chi connectivity index (χ1v) is 14.6. The molecule has 4 aromatic carbocycles. The van der Waals surface area contributed by atoms with Gasteiger partial charge in [-0.15, -0.1) is 0 Å². The van der Waals surface area contributed by atoms with Gasteiger partial charge < -0.3 is 48.5 Å². The second-order valence-corrected chi connectivity index (χ2v) is 10.1. The minimum Gasteiger partial charge on any atom is -0.508 e. The molecule has 0 aliphatic carbocycles. The molecule has 0 aliphatic heterocycles. The van der Waals surface area contributed by atoms with Gasteiger partial charge in [0.25, 0.3) is 0 Å². The van der Waals surface area contributed by atoms with E-state index in [1.165, 1.54) is 89.1 Å². The van der Waals surface area contributed by atoms with Crippen LogP contribution < -0.4 is 23.7 Å². The van der Waals surface area contributed by atoms with E-state index in [0.717, 1.165) is 0 Å². The molecule has 4 aromatic rings. The lowest BCUT2D eigenvalue weighted by Crippen LogP contribution is -2.34. The largest absolute Gasteiger partial charge is 0.508 e. The molecule has 13 nitrogen and oxygen atoms in total. The number of hydrogen-bond donors (Lipinski definition) is 3. The molecule has 49 heavy (non-hydrogen) atoms. The van der Waals surface area contributed by atoms with Crippen LogP contribution in [0.3, 0.4) is 0 Å². The molecule has 0 saturated heterocycles. The Kier molecular flexibility index (Phi) is 11.9. The summed E-state index contributed by atoms with van der Waals surface area (Å²) in [4.78, 5) is 39.0. The summed E-state index contributed by atoms with van der Waals surface area (Å²) >= 11 is 0. The molecule has 1 unspecified atom stereocenters. The summed E-state index contributed by atoms with van der Waals surface area (Å²) in [6.07, 6.45) is 1.77. The van der Waals surface area contributed by atoms with E-state index >= 15 is 0 Å². The molecule has 0 aromatic heterocycles. The van der Waals surface area contributed by atoms with Crippen LogP contribution in [0.4, 0.5) is 0 Å². The van der Waals surface area contributed by atoms with Crippen molar-refractivity contribution in [2.24, 2.45) is 0 Å². The normalized spacial score (nSPS) is 11.3. The van der Waals surface area contributed by atoms with Gasteiger partial charge in [0, 0.05) is 5.56 Å². The number of benzene rings is 4. The summed E-state index contributed by atoms with van der Waals surface area (Å²) < 4.78 is 38.4. The van der Waals surface area contributed by atoms with Crippen LogP contribution in [0, 0.1) is 0 Å². The highest BCUT2D eigenvalue weighted by Crippen LogP contribution is 2.41. The zero-order chi connectivity index (χ0) is 35.5. The number of ketones is 1. The van der Waals surface area contributed by atoms with Gasteiger partial charge in [0.15, 0.2) is 29.1 Å². The van der Waals surface area contributed by atoms with E-state index in [-0.39, 0.29) is 69.3 Å². The Labute approximate surface area is 281 Å². The molecule has 256 valence electrons. The van der Waals surface area contributed by atoms with E-state index < -0.39 is 30.4 Å². The van der Waals surface area contributed by atoms with E-state index in [4.69, 9.17) is 33.2 Å². The predicted octanol–water partition coefficient (Wildman–Crippen LogP) is 5.20. The van der Waals surface area contributed by atoms with Crippen LogP contribution in [0.2, 0.25) is 0 Å². The Hall–Kier alpha value is -6.37. The number of carbonyl (C=O) groups is 3. The second-order valence-electron chi connectivity index (χ2n) is 10.1. The fourth-order valence-electron chi connectivity index (χ4n) is 4.46. The molecule has 1 atom stereocenters. The minimum atomic E-state index is -1.47. The van der Waals surface area contributed by atoms with Gasteiger partial charge in [-0.2, -0.15) is 0 Å². The maximum Gasteiger partial charge on any atom is 0.338 e. The van der Waals surface area contributed by atoms with Gasteiger partial charge in [0.1, 0.15) is 24.7 Å². The number of esters is 2. The Bertz CT molecular complexity index is 1760. The molecule has 0 heterocycles. The highest BCUT2D eigenvalue weighted by atomic mass is 16.6. The van der Waals surface area contributed by atoms with Crippen LogP contribution in [-0.4, -0.2) is 80.8 Å². The number of hydrogen-bond acceptors (Lipinski definition) is 13. The van der Waals surface area contributed by atoms with Crippen LogP contribution in [0.25, 0.3) is 6.08 Å². The van der Waals surface area contributed by atoms with Crippen molar-refractivity contribution in [2.45, 2.75) is 6.10 Å². The number of phenolic OH excluding ortho intramolecular Hbond substituents is 3. The van der Waals surface area contributed by atoms with Gasteiger partial charge in [0.05, 0.1) is 39.6 Å². The Morgan fingerprint density at radius 2 is 1.10 bits per heavy atom. The fraction of sp³-hybridized carbons (Fsp3) is 0.194. The molecule has 0 radical (unpaired) electrons. The van der Waals surface area contributed by atoms with Gasteiger partial charge >= 0.3 is 11.9 Å². The van der Waals surface area contributed by atoms with E-state index in [2.05, 4.69) is 0 Å². The average Bonchev–Trinajstić information content (AvgIpc) is 3.12. The summed E-state index contributed by atoms with van der Waals surface area (Å²) in [5.41, 5.74) is 0.975. The lowest BCUT2D eigenvalue weighted by Gasteiger charge is -2.22. The molecular weight excluding hydrogens is 640 g/mol. The fourth-order valence-corrected chi connectivity index (χ4v) is 4.46. The molecule has 0 bridgehead atoms. The van der Waals surface area contributed by atoms with E-state index in [0.29, 0.717) is 5.56 Å². The summed E-state index contributed by atoms with van der Waals surface area (Å²) in [5, 5.41) is 29.3. The number of Topliss-reactive ketones (excluding diaryl/α,β-unsaturated/α-hetero) is 1. The smallest absolute Gasteiger partial charge is 0.338 e. The van der Waals surface area contributed by atoms with Gasteiger partial charge in [-0.25, -0.2) is 9.59 Å². The lowest BCUT2D eigenvalue weighted by atomic mass is 10.0. The summed E-state index contributed by atoms with van der Waals surface area (Å²) in [7, 11) is 5.38. The number of ether oxygens (including phenoxy) is 7. The van der Waals surface area contributed by atoms with Crippen LogP contribution in [0.1, 0.15) is 36.6 Å². The first-order chi connectivity index (χ1) is 23.6. The first kappa shape index (κ1) is 35.5. The SMILES string of the molecule is COc1cc(C(=O)C(COC(=O)c2ccc(O)cc2)Oc2c(OC)cc(C=CCOC(=O)c3ccc(O)cc3)cc2OC)cc(OC)c1O. The number of rotatable bonds is 15. The third-order valence-corrected chi connectivity index (χ3v) is 6.99. The van der Waals surface area contributed by atoms with Gasteiger partial charge in [-0.1, -0.05) is 6.08 Å². The Balaban J connectivity index is 1.61. The Morgan fingerprint density at radius 3 is 1.57 bits per heavy atom. The first-order valence-electron chi connectivity index (χ1n) is 14.6. The molecule has 0 aliphatic rings. The average molecular weight is 675 g/mol. The van der Waals surface area contributed by atoms with Crippen molar-refractivity contribution in [3.63, 3.8) is 0 Å². The summed E-state index contributed by atoms with van der Waals surface area (Å²) in [5.74, 6) is -2.12. The molecule has 0 spiro atoms. The maximum atomic E-state index is 13.9.